The van der Waals surface area contributed by atoms with E-state index in [9.17, 15) is 14.4 Å². The molecule has 7 nitrogen and oxygen atoms in total. The van der Waals surface area contributed by atoms with Crippen LogP contribution < -0.4 is 21.1 Å². The summed E-state index contributed by atoms with van der Waals surface area (Å²) in [6.45, 7) is 2.90. The molecule has 0 fully saturated rings. The minimum atomic E-state index is -0.382. The Morgan fingerprint density at radius 1 is 1.00 bits per heavy atom. The van der Waals surface area contributed by atoms with Crippen LogP contribution in [0, 0.1) is 0 Å². The standard InChI is InChI=1S/C15H22N4O3/c1-3-9-16-13(20)10-19(2)11-14(21)17-18-15(22)12-7-5-4-6-8-12/h4-8H,3,9-11H2,1-2H3,(H,16,20)(H,17,21)(H,18,22)/p+1. The van der Waals surface area contributed by atoms with Gasteiger partial charge in [0.1, 0.15) is 0 Å². The molecule has 0 aliphatic heterocycles. The van der Waals surface area contributed by atoms with Crippen LogP contribution in [0.25, 0.3) is 0 Å². The summed E-state index contributed by atoms with van der Waals surface area (Å²) in [5.41, 5.74) is 5.14. The summed E-state index contributed by atoms with van der Waals surface area (Å²) in [4.78, 5) is 35.7. The van der Waals surface area contributed by atoms with E-state index in [0.717, 1.165) is 11.3 Å². The van der Waals surface area contributed by atoms with Crippen molar-refractivity contribution in [3.8, 4) is 0 Å². The maximum Gasteiger partial charge on any atom is 0.293 e. The van der Waals surface area contributed by atoms with Gasteiger partial charge in [-0.3, -0.25) is 25.2 Å². The van der Waals surface area contributed by atoms with Crippen LogP contribution in [0.3, 0.4) is 0 Å². The first-order chi connectivity index (χ1) is 10.5. The number of likely N-dealkylation sites (N-methyl/N-ethyl adjacent to an activating group) is 1. The van der Waals surface area contributed by atoms with Crippen LogP contribution in [0.2, 0.25) is 0 Å². The Balaban J connectivity index is 2.28. The second-order valence-corrected chi connectivity index (χ2v) is 5.03. The summed E-state index contributed by atoms with van der Waals surface area (Å²) < 4.78 is 0. The summed E-state index contributed by atoms with van der Waals surface area (Å²) >= 11 is 0. The molecule has 0 saturated heterocycles. The van der Waals surface area contributed by atoms with E-state index >= 15 is 0 Å². The fourth-order valence-electron chi connectivity index (χ4n) is 1.77. The summed E-state index contributed by atoms with van der Waals surface area (Å²) in [6.07, 6.45) is 0.872. The first-order valence-electron chi connectivity index (χ1n) is 7.25. The van der Waals surface area contributed by atoms with Gasteiger partial charge in [0.05, 0.1) is 7.05 Å². The second kappa shape index (κ2) is 9.51. The molecule has 1 unspecified atom stereocenters. The molecule has 0 aromatic heterocycles. The molecule has 0 bridgehead atoms. The van der Waals surface area contributed by atoms with Crippen molar-refractivity contribution in [2.24, 2.45) is 0 Å². The van der Waals surface area contributed by atoms with Crippen molar-refractivity contribution >= 4 is 17.7 Å². The Bertz CT molecular complexity index is 505. The Hall–Kier alpha value is -2.41. The number of amides is 3. The predicted octanol–water partition coefficient (Wildman–Crippen LogP) is -1.51. The van der Waals surface area contributed by atoms with Crippen molar-refractivity contribution in [3.05, 3.63) is 35.9 Å². The van der Waals surface area contributed by atoms with Gasteiger partial charge in [-0.25, -0.2) is 0 Å². The van der Waals surface area contributed by atoms with Crippen molar-refractivity contribution in [3.63, 3.8) is 0 Å². The third-order valence-corrected chi connectivity index (χ3v) is 2.85. The maximum atomic E-state index is 11.7. The van der Waals surface area contributed by atoms with E-state index in [-0.39, 0.29) is 30.8 Å². The molecule has 4 N–H and O–H groups in total. The summed E-state index contributed by atoms with van der Waals surface area (Å²) in [7, 11) is 1.74. The van der Waals surface area contributed by atoms with Gasteiger partial charge >= 0.3 is 0 Å². The number of hydrazine groups is 1. The molecular weight excluding hydrogens is 284 g/mol. The van der Waals surface area contributed by atoms with E-state index in [1.165, 1.54) is 0 Å². The van der Waals surface area contributed by atoms with E-state index in [1.54, 1.807) is 37.4 Å². The van der Waals surface area contributed by atoms with E-state index < -0.39 is 0 Å². The lowest BCUT2D eigenvalue weighted by atomic mass is 10.2. The smallest absolute Gasteiger partial charge is 0.293 e. The minimum absolute atomic E-state index is 0.0919. The van der Waals surface area contributed by atoms with Crippen LogP contribution in [-0.4, -0.2) is 44.4 Å². The molecule has 3 amide bonds. The molecule has 0 heterocycles. The van der Waals surface area contributed by atoms with E-state index in [2.05, 4.69) is 16.2 Å². The van der Waals surface area contributed by atoms with Gasteiger partial charge in [-0.2, -0.15) is 0 Å². The Morgan fingerprint density at radius 3 is 2.27 bits per heavy atom. The summed E-state index contributed by atoms with van der Waals surface area (Å²) in [5.74, 6) is -0.835. The van der Waals surface area contributed by atoms with E-state index in [0.29, 0.717) is 12.1 Å². The number of carbonyl (C=O) groups excluding carboxylic acids is 3. The molecule has 1 aromatic rings. The van der Waals surface area contributed by atoms with Crippen LogP contribution in [0.4, 0.5) is 0 Å². The maximum absolute atomic E-state index is 11.7. The number of benzene rings is 1. The second-order valence-electron chi connectivity index (χ2n) is 5.03. The fraction of sp³-hybridized carbons (Fsp3) is 0.400. The first kappa shape index (κ1) is 17.6. The monoisotopic (exact) mass is 307 g/mol. The van der Waals surface area contributed by atoms with Crippen LogP contribution in [0.15, 0.2) is 30.3 Å². The fourth-order valence-corrected chi connectivity index (χ4v) is 1.77. The van der Waals surface area contributed by atoms with Gasteiger partial charge in [-0.1, -0.05) is 25.1 Å². The summed E-state index contributed by atoms with van der Waals surface area (Å²) in [6, 6.07) is 8.58. The molecule has 7 heteroatoms. The van der Waals surface area contributed by atoms with Gasteiger partial charge in [-0.15, -0.1) is 0 Å². The lowest BCUT2D eigenvalue weighted by Gasteiger charge is -2.13. The number of quaternary nitrogens is 1. The predicted molar refractivity (Wildman–Crippen MR) is 82.0 cm³/mol. The molecule has 120 valence electrons. The molecule has 0 spiro atoms. The highest BCUT2D eigenvalue weighted by Crippen LogP contribution is 1.96. The first-order valence-corrected chi connectivity index (χ1v) is 7.25. The molecule has 0 radical (unpaired) electrons. The number of hydrogen-bond acceptors (Lipinski definition) is 3. The largest absolute Gasteiger partial charge is 0.351 e. The molecule has 1 rings (SSSR count). The number of carbonyl (C=O) groups is 3. The molecule has 1 aromatic carbocycles. The number of nitrogens with one attached hydrogen (secondary N) is 4. The van der Waals surface area contributed by atoms with Gasteiger partial charge < -0.3 is 10.2 Å². The zero-order valence-electron chi connectivity index (χ0n) is 12.9. The summed E-state index contributed by atoms with van der Waals surface area (Å²) in [5, 5.41) is 2.75. The third-order valence-electron chi connectivity index (χ3n) is 2.85. The molecule has 22 heavy (non-hydrogen) atoms. The average molecular weight is 307 g/mol. The Kier molecular flexibility index (Phi) is 7.63. The van der Waals surface area contributed by atoms with Gasteiger partial charge in [-0.05, 0) is 18.6 Å². The molecular formula is C15H23N4O3+. The topological polar surface area (TPSA) is 91.7 Å². The zero-order chi connectivity index (χ0) is 16.4. The Labute approximate surface area is 130 Å². The van der Waals surface area contributed by atoms with Crippen LogP contribution in [-0.2, 0) is 9.59 Å². The van der Waals surface area contributed by atoms with Crippen LogP contribution >= 0.6 is 0 Å². The van der Waals surface area contributed by atoms with Crippen molar-refractivity contribution in [2.45, 2.75) is 13.3 Å². The zero-order valence-corrected chi connectivity index (χ0v) is 12.9. The highest BCUT2D eigenvalue weighted by Gasteiger charge is 2.14. The van der Waals surface area contributed by atoms with Gasteiger partial charge in [0, 0.05) is 12.1 Å². The molecule has 0 saturated carbocycles. The highest BCUT2D eigenvalue weighted by atomic mass is 16.2. The van der Waals surface area contributed by atoms with Crippen molar-refractivity contribution in [2.75, 3.05) is 26.7 Å². The van der Waals surface area contributed by atoms with Crippen molar-refractivity contribution < 1.29 is 19.3 Å². The van der Waals surface area contributed by atoms with Crippen LogP contribution in [0.1, 0.15) is 23.7 Å². The van der Waals surface area contributed by atoms with Crippen molar-refractivity contribution in [1.29, 1.82) is 0 Å². The normalized spacial score (nSPS) is 11.4. The number of rotatable bonds is 7. The van der Waals surface area contributed by atoms with Gasteiger partial charge in [0.15, 0.2) is 13.1 Å². The van der Waals surface area contributed by atoms with Gasteiger partial charge in [0.2, 0.25) is 0 Å². The average Bonchev–Trinajstić information content (AvgIpc) is 2.51. The minimum Gasteiger partial charge on any atom is -0.351 e. The SMILES string of the molecule is CCCNC(=O)C[NH+](C)CC(=O)NNC(=O)c1ccccc1. The molecule has 0 aliphatic rings. The molecule has 1 atom stereocenters. The molecule has 0 aliphatic carbocycles. The lowest BCUT2D eigenvalue weighted by molar-refractivity contribution is -0.862. The van der Waals surface area contributed by atoms with Crippen LogP contribution in [0.5, 0.6) is 0 Å². The number of hydrogen-bond donors (Lipinski definition) is 4. The third kappa shape index (κ3) is 6.85. The lowest BCUT2D eigenvalue weighted by Crippen LogP contribution is -3.11. The quantitative estimate of drug-likeness (QED) is 0.462. The van der Waals surface area contributed by atoms with E-state index in [4.69, 9.17) is 0 Å². The Morgan fingerprint density at radius 2 is 1.64 bits per heavy atom. The van der Waals surface area contributed by atoms with Crippen molar-refractivity contribution in [1.82, 2.24) is 16.2 Å². The van der Waals surface area contributed by atoms with Gasteiger partial charge in [0.25, 0.3) is 17.7 Å². The van der Waals surface area contributed by atoms with E-state index in [1.807, 2.05) is 6.92 Å². The highest BCUT2D eigenvalue weighted by molar-refractivity contribution is 5.95.